The van der Waals surface area contributed by atoms with Crippen molar-refractivity contribution in [2.24, 2.45) is 0 Å². The minimum Gasteiger partial charge on any atom is -0.294 e. The second-order valence-electron chi connectivity index (χ2n) is 3.89. The summed E-state index contributed by atoms with van der Waals surface area (Å²) in [7, 11) is 0. The molecule has 1 aromatic heterocycles. The zero-order chi connectivity index (χ0) is 12.3. The van der Waals surface area contributed by atoms with Gasteiger partial charge in [0.2, 0.25) is 0 Å². The Morgan fingerprint density at radius 2 is 2.06 bits per heavy atom. The van der Waals surface area contributed by atoms with Crippen molar-refractivity contribution in [1.82, 2.24) is 4.98 Å². The van der Waals surface area contributed by atoms with E-state index in [1.54, 1.807) is 18.3 Å². The highest BCUT2D eigenvalue weighted by Crippen LogP contribution is 2.13. The maximum absolute atomic E-state index is 12.0. The summed E-state index contributed by atoms with van der Waals surface area (Å²) < 4.78 is 0. The van der Waals surface area contributed by atoms with Gasteiger partial charge in [-0.2, -0.15) is 0 Å². The average Bonchev–Trinajstić information content (AvgIpc) is 2.32. The quantitative estimate of drug-likeness (QED) is 0.612. The number of halogens is 1. The van der Waals surface area contributed by atoms with Gasteiger partial charge in [0.25, 0.3) is 0 Å². The van der Waals surface area contributed by atoms with Gasteiger partial charge in [-0.15, -0.1) is 0 Å². The van der Waals surface area contributed by atoms with E-state index in [0.717, 1.165) is 11.1 Å². The van der Waals surface area contributed by atoms with Crippen molar-refractivity contribution in [1.29, 1.82) is 0 Å². The average molecular weight is 246 g/mol. The molecule has 86 valence electrons. The van der Waals surface area contributed by atoms with Gasteiger partial charge in [-0.25, -0.2) is 4.98 Å². The Labute approximate surface area is 105 Å². The van der Waals surface area contributed by atoms with Crippen LogP contribution >= 0.6 is 11.6 Å². The predicted octanol–water partition coefficient (Wildman–Crippen LogP) is 3.47. The largest absolute Gasteiger partial charge is 0.294 e. The van der Waals surface area contributed by atoms with Gasteiger partial charge in [0.05, 0.1) is 0 Å². The van der Waals surface area contributed by atoms with E-state index in [1.807, 2.05) is 31.2 Å². The van der Waals surface area contributed by atoms with E-state index in [9.17, 15) is 4.79 Å². The first kappa shape index (κ1) is 11.8. The van der Waals surface area contributed by atoms with Gasteiger partial charge < -0.3 is 0 Å². The normalized spacial score (nSPS) is 10.2. The summed E-state index contributed by atoms with van der Waals surface area (Å²) >= 11 is 5.76. The van der Waals surface area contributed by atoms with E-state index in [-0.39, 0.29) is 5.78 Å². The van der Waals surface area contributed by atoms with E-state index in [0.29, 0.717) is 17.1 Å². The maximum atomic E-state index is 12.0. The Balaban J connectivity index is 2.20. The number of hydrogen-bond acceptors (Lipinski definition) is 2. The molecule has 0 unspecified atom stereocenters. The van der Waals surface area contributed by atoms with Crippen LogP contribution in [-0.4, -0.2) is 10.8 Å². The third kappa shape index (κ3) is 2.92. The fourth-order valence-corrected chi connectivity index (χ4v) is 1.83. The highest BCUT2D eigenvalue weighted by atomic mass is 35.5. The molecule has 0 fully saturated rings. The lowest BCUT2D eigenvalue weighted by molar-refractivity contribution is 0.0992. The monoisotopic (exact) mass is 245 g/mol. The molecule has 1 aromatic carbocycles. The van der Waals surface area contributed by atoms with Crippen molar-refractivity contribution < 1.29 is 4.79 Å². The van der Waals surface area contributed by atoms with E-state index in [4.69, 9.17) is 11.6 Å². The zero-order valence-corrected chi connectivity index (χ0v) is 10.2. The zero-order valence-electron chi connectivity index (χ0n) is 9.48. The fourth-order valence-electron chi connectivity index (χ4n) is 1.66. The summed E-state index contributed by atoms with van der Waals surface area (Å²) in [6.45, 7) is 2.00. The van der Waals surface area contributed by atoms with Crippen LogP contribution in [0.5, 0.6) is 0 Å². The molecule has 0 aliphatic heterocycles. The first-order chi connectivity index (χ1) is 8.16. The van der Waals surface area contributed by atoms with Crippen LogP contribution in [0.4, 0.5) is 0 Å². The molecular formula is C14H12ClNO. The number of carbonyl (C=O) groups is 1. The van der Waals surface area contributed by atoms with Crippen molar-refractivity contribution in [2.45, 2.75) is 13.3 Å². The molecule has 0 saturated heterocycles. The summed E-state index contributed by atoms with van der Waals surface area (Å²) in [5.74, 6) is 0.0589. The van der Waals surface area contributed by atoms with Crippen molar-refractivity contribution >= 4 is 17.4 Å². The van der Waals surface area contributed by atoms with Gasteiger partial charge in [0.15, 0.2) is 5.78 Å². The van der Waals surface area contributed by atoms with Crippen LogP contribution in [0.25, 0.3) is 0 Å². The molecule has 2 aromatic rings. The van der Waals surface area contributed by atoms with E-state index >= 15 is 0 Å². The number of aryl methyl sites for hydroxylation is 1. The maximum Gasteiger partial charge on any atom is 0.167 e. The summed E-state index contributed by atoms with van der Waals surface area (Å²) in [4.78, 5) is 15.9. The molecule has 0 radical (unpaired) electrons. The predicted molar refractivity (Wildman–Crippen MR) is 68.5 cm³/mol. The Hall–Kier alpha value is -1.67. The Bertz CT molecular complexity index is 551. The number of rotatable bonds is 3. The summed E-state index contributed by atoms with van der Waals surface area (Å²) in [5.41, 5.74) is 2.78. The SMILES string of the molecule is Cc1ccccc1CC(=O)c1ccnc(Cl)c1. The summed E-state index contributed by atoms with van der Waals surface area (Å²) in [5, 5.41) is 0.348. The smallest absolute Gasteiger partial charge is 0.167 e. The first-order valence-corrected chi connectivity index (χ1v) is 5.74. The third-order valence-electron chi connectivity index (χ3n) is 2.66. The molecule has 0 spiro atoms. The lowest BCUT2D eigenvalue weighted by Gasteiger charge is -2.04. The number of nitrogens with zero attached hydrogens (tertiary/aromatic N) is 1. The number of hydrogen-bond donors (Lipinski definition) is 0. The molecule has 0 saturated carbocycles. The Morgan fingerprint density at radius 3 is 2.76 bits per heavy atom. The summed E-state index contributed by atoms with van der Waals surface area (Å²) in [6.07, 6.45) is 1.94. The minimum absolute atomic E-state index is 0.0589. The lowest BCUT2D eigenvalue weighted by atomic mass is 10.0. The Kier molecular flexibility index (Phi) is 3.55. The van der Waals surface area contributed by atoms with Crippen LogP contribution in [0.2, 0.25) is 5.15 Å². The molecule has 1 heterocycles. The second-order valence-corrected chi connectivity index (χ2v) is 4.28. The Morgan fingerprint density at radius 1 is 1.29 bits per heavy atom. The number of pyridine rings is 1. The number of Topliss-reactive ketones (excluding diaryl/α,β-unsaturated/α-hetero) is 1. The van der Waals surface area contributed by atoms with Gasteiger partial charge in [0.1, 0.15) is 5.15 Å². The van der Waals surface area contributed by atoms with Crippen molar-refractivity contribution in [3.8, 4) is 0 Å². The van der Waals surface area contributed by atoms with Crippen LogP contribution in [0.3, 0.4) is 0 Å². The fraction of sp³-hybridized carbons (Fsp3) is 0.143. The molecule has 3 heteroatoms. The number of ketones is 1. The standard InChI is InChI=1S/C14H12ClNO/c1-10-4-2-3-5-11(10)8-13(17)12-6-7-16-14(15)9-12/h2-7,9H,8H2,1H3. The summed E-state index contributed by atoms with van der Waals surface area (Å²) in [6, 6.07) is 11.2. The van der Waals surface area contributed by atoms with Gasteiger partial charge in [-0.05, 0) is 30.2 Å². The van der Waals surface area contributed by atoms with Crippen molar-refractivity contribution in [3.63, 3.8) is 0 Å². The molecule has 0 bridgehead atoms. The molecule has 2 rings (SSSR count). The first-order valence-electron chi connectivity index (χ1n) is 5.36. The topological polar surface area (TPSA) is 30.0 Å². The highest BCUT2D eigenvalue weighted by Gasteiger charge is 2.09. The molecule has 0 N–H and O–H groups in total. The number of benzene rings is 1. The minimum atomic E-state index is 0.0589. The lowest BCUT2D eigenvalue weighted by Crippen LogP contribution is -2.05. The van der Waals surface area contributed by atoms with Crippen LogP contribution in [0.15, 0.2) is 42.6 Å². The van der Waals surface area contributed by atoms with Gasteiger partial charge in [-0.1, -0.05) is 35.9 Å². The number of carbonyl (C=O) groups excluding carboxylic acids is 1. The van der Waals surface area contributed by atoms with Crippen LogP contribution < -0.4 is 0 Å². The molecule has 0 atom stereocenters. The molecule has 0 aliphatic carbocycles. The van der Waals surface area contributed by atoms with Crippen LogP contribution in [-0.2, 0) is 6.42 Å². The van der Waals surface area contributed by atoms with E-state index < -0.39 is 0 Å². The van der Waals surface area contributed by atoms with E-state index in [1.165, 1.54) is 0 Å². The van der Waals surface area contributed by atoms with Gasteiger partial charge in [-0.3, -0.25) is 4.79 Å². The molecule has 2 nitrogen and oxygen atoms in total. The van der Waals surface area contributed by atoms with Crippen molar-refractivity contribution in [2.75, 3.05) is 0 Å². The molecular weight excluding hydrogens is 234 g/mol. The van der Waals surface area contributed by atoms with Gasteiger partial charge in [0, 0.05) is 18.2 Å². The van der Waals surface area contributed by atoms with E-state index in [2.05, 4.69) is 4.98 Å². The molecule has 0 aliphatic rings. The highest BCUT2D eigenvalue weighted by molar-refractivity contribution is 6.29. The van der Waals surface area contributed by atoms with Crippen LogP contribution in [0.1, 0.15) is 21.5 Å². The molecule has 17 heavy (non-hydrogen) atoms. The van der Waals surface area contributed by atoms with Crippen molar-refractivity contribution in [3.05, 3.63) is 64.4 Å². The second kappa shape index (κ2) is 5.11. The van der Waals surface area contributed by atoms with Gasteiger partial charge >= 0.3 is 0 Å². The van der Waals surface area contributed by atoms with Crippen LogP contribution in [0, 0.1) is 6.92 Å². The molecule has 0 amide bonds. The number of aromatic nitrogens is 1. The third-order valence-corrected chi connectivity index (χ3v) is 2.87.